The molecule has 0 aliphatic carbocycles. The fourth-order valence-corrected chi connectivity index (χ4v) is 2.25. The maximum Gasteiger partial charge on any atom is 0.305 e. The largest absolute Gasteiger partial charge is 0.481 e. The molecule has 0 bridgehead atoms. The topological polar surface area (TPSA) is 80.9 Å². The summed E-state index contributed by atoms with van der Waals surface area (Å²) in [5.74, 6) is -0.165. The summed E-state index contributed by atoms with van der Waals surface area (Å²) in [5.41, 5.74) is 0.856. The van der Waals surface area contributed by atoms with Crippen molar-refractivity contribution in [2.24, 2.45) is 5.92 Å². The average molecular weight is 339 g/mol. The number of nitrogens with zero attached hydrogens (tertiary/aromatic N) is 4. The smallest absolute Gasteiger partial charge is 0.305 e. The first-order chi connectivity index (χ1) is 9.49. The number of benzene rings is 1. The van der Waals surface area contributed by atoms with Gasteiger partial charge in [0.2, 0.25) is 0 Å². The van der Waals surface area contributed by atoms with Gasteiger partial charge in [-0.1, -0.05) is 41.9 Å². The highest BCUT2D eigenvalue weighted by Crippen LogP contribution is 2.27. The number of carbonyl (C=O) groups is 1. The van der Waals surface area contributed by atoms with E-state index in [2.05, 4.69) is 31.5 Å². The highest BCUT2D eigenvalue weighted by atomic mass is 79.9. The lowest BCUT2D eigenvalue weighted by atomic mass is 10.0. The normalized spacial score (nSPS) is 12.6. The molecule has 2 aromatic rings. The van der Waals surface area contributed by atoms with Gasteiger partial charge in [-0.05, 0) is 28.5 Å². The maximum atomic E-state index is 11.0. The summed E-state index contributed by atoms with van der Waals surface area (Å²) in [7, 11) is 0. The van der Waals surface area contributed by atoms with E-state index < -0.39 is 5.97 Å². The molecule has 7 heteroatoms. The van der Waals surface area contributed by atoms with E-state index in [4.69, 9.17) is 5.11 Å². The van der Waals surface area contributed by atoms with E-state index in [1.807, 2.05) is 38.1 Å². The molecule has 0 spiro atoms. The van der Waals surface area contributed by atoms with Crippen molar-refractivity contribution in [2.45, 2.75) is 26.3 Å². The molecule has 0 radical (unpaired) electrons. The Kier molecular flexibility index (Phi) is 4.49. The minimum atomic E-state index is -0.860. The van der Waals surface area contributed by atoms with Crippen molar-refractivity contribution < 1.29 is 9.90 Å². The Hall–Kier alpha value is -1.76. The predicted octanol–water partition coefficient (Wildman–Crippen LogP) is 2.77. The van der Waals surface area contributed by atoms with E-state index in [0.717, 1.165) is 10.0 Å². The monoisotopic (exact) mass is 338 g/mol. The minimum Gasteiger partial charge on any atom is -0.481 e. The van der Waals surface area contributed by atoms with E-state index in [9.17, 15) is 4.79 Å². The first-order valence-corrected chi connectivity index (χ1v) is 7.04. The number of hydrogen-bond donors (Lipinski definition) is 1. The molecule has 6 nitrogen and oxygen atoms in total. The Bertz CT molecular complexity index is 595. The third kappa shape index (κ3) is 3.22. The summed E-state index contributed by atoms with van der Waals surface area (Å²) in [6.45, 7) is 3.92. The molecule has 0 aliphatic rings. The first kappa shape index (κ1) is 14.6. The zero-order valence-corrected chi connectivity index (χ0v) is 12.8. The number of hydrogen-bond acceptors (Lipinski definition) is 4. The van der Waals surface area contributed by atoms with Crippen LogP contribution in [0.15, 0.2) is 28.7 Å². The van der Waals surface area contributed by atoms with Crippen LogP contribution in [0, 0.1) is 5.92 Å². The molecule has 0 amide bonds. The molecule has 20 heavy (non-hydrogen) atoms. The van der Waals surface area contributed by atoms with Gasteiger partial charge in [-0.2, -0.15) is 0 Å². The molecule has 1 atom stereocenters. The van der Waals surface area contributed by atoms with Gasteiger partial charge in [0.25, 0.3) is 0 Å². The average Bonchev–Trinajstić information content (AvgIpc) is 2.85. The molecule has 0 saturated heterocycles. The third-order valence-corrected chi connectivity index (χ3v) is 3.59. The fraction of sp³-hybridized carbons (Fsp3) is 0.385. The summed E-state index contributed by atoms with van der Waals surface area (Å²) in [5, 5.41) is 20.7. The Morgan fingerprint density at radius 1 is 1.35 bits per heavy atom. The molecule has 1 aromatic heterocycles. The number of tetrazole rings is 1. The van der Waals surface area contributed by atoms with Crippen LogP contribution < -0.4 is 0 Å². The molecule has 1 heterocycles. The van der Waals surface area contributed by atoms with Crippen molar-refractivity contribution in [1.82, 2.24) is 20.2 Å². The lowest BCUT2D eigenvalue weighted by Gasteiger charge is -2.20. The lowest BCUT2D eigenvalue weighted by Crippen LogP contribution is -2.21. The van der Waals surface area contributed by atoms with E-state index in [0.29, 0.717) is 5.82 Å². The van der Waals surface area contributed by atoms with Gasteiger partial charge in [0, 0.05) is 10.0 Å². The fourth-order valence-electron chi connectivity index (χ4n) is 1.99. The quantitative estimate of drug-likeness (QED) is 0.906. The van der Waals surface area contributed by atoms with Crippen LogP contribution in [0.25, 0.3) is 11.4 Å². The van der Waals surface area contributed by atoms with Crippen molar-refractivity contribution in [2.75, 3.05) is 0 Å². The summed E-state index contributed by atoms with van der Waals surface area (Å²) in [6.07, 6.45) is -0.00770. The highest BCUT2D eigenvalue weighted by molar-refractivity contribution is 9.10. The summed E-state index contributed by atoms with van der Waals surface area (Å²) < 4.78 is 2.56. The zero-order chi connectivity index (χ0) is 14.7. The predicted molar refractivity (Wildman–Crippen MR) is 77.1 cm³/mol. The minimum absolute atomic E-state index is 0.00770. The second-order valence-corrected chi connectivity index (χ2v) is 5.78. The van der Waals surface area contributed by atoms with Crippen LogP contribution in [0.4, 0.5) is 0 Å². The van der Waals surface area contributed by atoms with Gasteiger partial charge >= 0.3 is 5.97 Å². The van der Waals surface area contributed by atoms with Gasteiger partial charge in [0.15, 0.2) is 5.82 Å². The van der Waals surface area contributed by atoms with E-state index in [1.54, 1.807) is 4.68 Å². The molecule has 0 aliphatic heterocycles. The van der Waals surface area contributed by atoms with Gasteiger partial charge in [0.1, 0.15) is 0 Å². The molecular formula is C13H15BrN4O2. The second kappa shape index (κ2) is 6.13. The van der Waals surface area contributed by atoms with Crippen molar-refractivity contribution in [3.8, 4) is 11.4 Å². The van der Waals surface area contributed by atoms with Crippen molar-refractivity contribution in [1.29, 1.82) is 0 Å². The number of aromatic nitrogens is 4. The Morgan fingerprint density at radius 3 is 2.55 bits per heavy atom. The van der Waals surface area contributed by atoms with Crippen LogP contribution in [0.5, 0.6) is 0 Å². The van der Waals surface area contributed by atoms with E-state index >= 15 is 0 Å². The summed E-state index contributed by atoms with van der Waals surface area (Å²) in [4.78, 5) is 11.0. The van der Waals surface area contributed by atoms with Crippen LogP contribution >= 0.6 is 15.9 Å². The number of carboxylic acid groups (broad SMARTS) is 1. The number of aliphatic carboxylic acids is 1. The molecule has 2 rings (SSSR count). The summed E-state index contributed by atoms with van der Waals surface area (Å²) >= 11 is 3.38. The van der Waals surface area contributed by atoms with Crippen molar-refractivity contribution >= 4 is 21.9 Å². The summed E-state index contributed by atoms with van der Waals surface area (Å²) in [6, 6.07) is 7.31. The van der Waals surface area contributed by atoms with Gasteiger partial charge in [-0.3, -0.25) is 4.79 Å². The molecule has 1 aromatic carbocycles. The Morgan fingerprint density at radius 2 is 2.00 bits per heavy atom. The Balaban J connectivity index is 2.40. The molecule has 1 unspecified atom stereocenters. The van der Waals surface area contributed by atoms with Crippen LogP contribution in [-0.2, 0) is 4.79 Å². The maximum absolute atomic E-state index is 11.0. The van der Waals surface area contributed by atoms with Crippen molar-refractivity contribution in [3.05, 3.63) is 28.7 Å². The molecule has 106 valence electrons. The molecule has 1 N–H and O–H groups in total. The van der Waals surface area contributed by atoms with Crippen LogP contribution in [0.2, 0.25) is 0 Å². The van der Waals surface area contributed by atoms with Crippen LogP contribution in [0.3, 0.4) is 0 Å². The van der Waals surface area contributed by atoms with Crippen molar-refractivity contribution in [3.63, 3.8) is 0 Å². The number of halogens is 1. The zero-order valence-electron chi connectivity index (χ0n) is 11.2. The number of carboxylic acids is 1. The van der Waals surface area contributed by atoms with Gasteiger partial charge < -0.3 is 5.11 Å². The molecule has 0 fully saturated rings. The van der Waals surface area contributed by atoms with E-state index in [1.165, 1.54) is 0 Å². The van der Waals surface area contributed by atoms with Gasteiger partial charge in [0.05, 0.1) is 12.5 Å². The van der Waals surface area contributed by atoms with E-state index in [-0.39, 0.29) is 18.4 Å². The third-order valence-electron chi connectivity index (χ3n) is 3.06. The van der Waals surface area contributed by atoms with Crippen LogP contribution in [-0.4, -0.2) is 31.3 Å². The number of rotatable bonds is 5. The SMILES string of the molecule is CC(C)C(CC(=O)O)n1nnnc1-c1ccc(Br)cc1. The highest BCUT2D eigenvalue weighted by Gasteiger charge is 2.24. The molecule has 0 saturated carbocycles. The Labute approximate surface area is 124 Å². The van der Waals surface area contributed by atoms with Gasteiger partial charge in [-0.15, -0.1) is 5.10 Å². The molecular weight excluding hydrogens is 324 g/mol. The first-order valence-electron chi connectivity index (χ1n) is 6.24. The standard InChI is InChI=1S/C13H15BrN4O2/c1-8(2)11(7-12(19)20)18-13(15-16-17-18)9-3-5-10(14)6-4-9/h3-6,8,11H,7H2,1-2H3,(H,19,20). The van der Waals surface area contributed by atoms with Crippen LogP contribution in [0.1, 0.15) is 26.3 Å². The van der Waals surface area contributed by atoms with Gasteiger partial charge in [-0.25, -0.2) is 4.68 Å². The second-order valence-electron chi connectivity index (χ2n) is 4.86. The lowest BCUT2D eigenvalue weighted by molar-refractivity contribution is -0.138.